The fourth-order valence-corrected chi connectivity index (χ4v) is 0.925. The van der Waals surface area contributed by atoms with Crippen LogP contribution in [-0.2, 0) is 4.79 Å². The van der Waals surface area contributed by atoms with Crippen LogP contribution in [0.4, 0.5) is 0 Å². The van der Waals surface area contributed by atoms with E-state index in [0.717, 1.165) is 0 Å². The van der Waals surface area contributed by atoms with Gasteiger partial charge in [-0.15, -0.1) is 0 Å². The zero-order valence-corrected chi connectivity index (χ0v) is 6.77. The molecule has 1 unspecified atom stereocenters. The second-order valence-corrected chi connectivity index (χ2v) is 2.44. The average molecular weight is 166 g/mol. The number of carbonyl (C=O) groups is 1. The number of carboxylic acid groups (broad SMARTS) is 1. The summed E-state index contributed by atoms with van der Waals surface area (Å²) < 4.78 is 1.60. The number of nitrogens with zero attached hydrogens (tertiary/aromatic N) is 2. The standard InChI is InChI=1S/C8H10N2O2/c1-3-10-5-4-9-7(10)6(2)8(11)12/h3-6H,1H2,2H3,(H,11,12). The number of rotatable bonds is 3. The Morgan fingerprint density at radius 2 is 2.58 bits per heavy atom. The average Bonchev–Trinajstić information content (AvgIpc) is 2.49. The van der Waals surface area contributed by atoms with E-state index in [4.69, 9.17) is 5.11 Å². The lowest BCUT2D eigenvalue weighted by Gasteiger charge is -2.05. The summed E-state index contributed by atoms with van der Waals surface area (Å²) in [6.45, 7) is 5.12. The van der Waals surface area contributed by atoms with E-state index < -0.39 is 11.9 Å². The summed E-state index contributed by atoms with van der Waals surface area (Å²) in [6.07, 6.45) is 4.75. The van der Waals surface area contributed by atoms with Gasteiger partial charge in [-0.05, 0) is 6.92 Å². The van der Waals surface area contributed by atoms with Gasteiger partial charge in [0.2, 0.25) is 0 Å². The Hall–Kier alpha value is -1.58. The molecule has 64 valence electrons. The molecule has 1 atom stereocenters. The van der Waals surface area contributed by atoms with Gasteiger partial charge >= 0.3 is 5.97 Å². The molecule has 0 aliphatic carbocycles. The maximum Gasteiger partial charge on any atom is 0.313 e. The minimum atomic E-state index is -0.885. The van der Waals surface area contributed by atoms with Crippen LogP contribution in [0, 0.1) is 0 Å². The number of aliphatic carboxylic acids is 1. The fraction of sp³-hybridized carbons (Fsp3) is 0.250. The lowest BCUT2D eigenvalue weighted by atomic mass is 10.2. The van der Waals surface area contributed by atoms with E-state index in [-0.39, 0.29) is 0 Å². The minimum Gasteiger partial charge on any atom is -0.481 e. The Labute approximate surface area is 70.2 Å². The summed E-state index contributed by atoms with van der Waals surface area (Å²) in [5.41, 5.74) is 0. The van der Waals surface area contributed by atoms with Crippen molar-refractivity contribution in [1.82, 2.24) is 9.55 Å². The molecule has 0 bridgehead atoms. The van der Waals surface area contributed by atoms with Crippen molar-refractivity contribution in [2.24, 2.45) is 0 Å². The van der Waals surface area contributed by atoms with Crippen LogP contribution in [0.25, 0.3) is 6.20 Å². The van der Waals surface area contributed by atoms with Gasteiger partial charge < -0.3 is 9.67 Å². The smallest absolute Gasteiger partial charge is 0.313 e. The van der Waals surface area contributed by atoms with Crippen molar-refractivity contribution in [3.8, 4) is 0 Å². The van der Waals surface area contributed by atoms with Crippen LogP contribution >= 0.6 is 0 Å². The number of carboxylic acids is 1. The molecule has 0 saturated heterocycles. The van der Waals surface area contributed by atoms with Gasteiger partial charge in [-0.1, -0.05) is 6.58 Å². The van der Waals surface area contributed by atoms with Crippen molar-refractivity contribution in [2.45, 2.75) is 12.8 Å². The van der Waals surface area contributed by atoms with Crippen LogP contribution in [0.3, 0.4) is 0 Å². The Bertz CT molecular complexity index is 304. The van der Waals surface area contributed by atoms with Crippen molar-refractivity contribution in [2.75, 3.05) is 0 Å². The first-order valence-corrected chi connectivity index (χ1v) is 3.55. The molecule has 4 nitrogen and oxygen atoms in total. The van der Waals surface area contributed by atoms with Gasteiger partial charge in [-0.25, -0.2) is 4.98 Å². The molecule has 1 rings (SSSR count). The van der Waals surface area contributed by atoms with E-state index in [1.54, 1.807) is 23.9 Å². The normalized spacial score (nSPS) is 12.4. The molecule has 1 N–H and O–H groups in total. The molecule has 12 heavy (non-hydrogen) atoms. The fourth-order valence-electron chi connectivity index (χ4n) is 0.925. The molecule has 1 aromatic heterocycles. The van der Waals surface area contributed by atoms with Gasteiger partial charge in [-0.2, -0.15) is 0 Å². The van der Waals surface area contributed by atoms with E-state index >= 15 is 0 Å². The van der Waals surface area contributed by atoms with Crippen molar-refractivity contribution in [3.63, 3.8) is 0 Å². The predicted molar refractivity (Wildman–Crippen MR) is 44.7 cm³/mol. The van der Waals surface area contributed by atoms with Crippen molar-refractivity contribution < 1.29 is 9.90 Å². The molecular weight excluding hydrogens is 156 g/mol. The highest BCUT2D eigenvalue weighted by Gasteiger charge is 2.17. The monoisotopic (exact) mass is 166 g/mol. The third-order valence-electron chi connectivity index (χ3n) is 1.65. The molecule has 1 aromatic rings. The minimum absolute atomic E-state index is 0.498. The first-order valence-electron chi connectivity index (χ1n) is 3.55. The number of imidazole rings is 1. The summed E-state index contributed by atoms with van der Waals surface area (Å²) >= 11 is 0. The molecule has 0 fully saturated rings. The molecule has 0 amide bonds. The first kappa shape index (κ1) is 8.52. The molecule has 4 heteroatoms. The quantitative estimate of drug-likeness (QED) is 0.733. The summed E-state index contributed by atoms with van der Waals surface area (Å²) in [5.74, 6) is -0.986. The Morgan fingerprint density at radius 1 is 1.92 bits per heavy atom. The second-order valence-electron chi connectivity index (χ2n) is 2.44. The van der Waals surface area contributed by atoms with Crippen molar-refractivity contribution in [1.29, 1.82) is 0 Å². The second kappa shape index (κ2) is 3.21. The van der Waals surface area contributed by atoms with Gasteiger partial charge in [0.05, 0.1) is 0 Å². The van der Waals surface area contributed by atoms with E-state index in [9.17, 15) is 4.79 Å². The van der Waals surface area contributed by atoms with Crippen LogP contribution in [0.2, 0.25) is 0 Å². The number of hydrogen-bond acceptors (Lipinski definition) is 2. The molecule has 0 aliphatic rings. The largest absolute Gasteiger partial charge is 0.481 e. The maximum absolute atomic E-state index is 10.6. The third-order valence-corrected chi connectivity index (χ3v) is 1.65. The summed E-state index contributed by atoms with van der Waals surface area (Å²) in [5, 5.41) is 8.69. The van der Waals surface area contributed by atoms with E-state index in [1.807, 2.05) is 0 Å². The molecule has 0 radical (unpaired) electrons. The van der Waals surface area contributed by atoms with Crippen LogP contribution in [-0.4, -0.2) is 20.6 Å². The molecule has 1 heterocycles. The topological polar surface area (TPSA) is 55.1 Å². The van der Waals surface area contributed by atoms with Gasteiger partial charge in [0.1, 0.15) is 11.7 Å². The van der Waals surface area contributed by atoms with Gasteiger partial charge in [-0.3, -0.25) is 4.79 Å². The Kier molecular flexibility index (Phi) is 2.28. The van der Waals surface area contributed by atoms with Gasteiger partial charge in [0.15, 0.2) is 0 Å². The van der Waals surface area contributed by atoms with Crippen molar-refractivity contribution >= 4 is 12.2 Å². The highest BCUT2D eigenvalue weighted by Crippen LogP contribution is 2.12. The van der Waals surface area contributed by atoms with E-state index in [2.05, 4.69) is 11.6 Å². The Morgan fingerprint density at radius 3 is 3.08 bits per heavy atom. The first-order chi connectivity index (χ1) is 5.66. The van der Waals surface area contributed by atoms with Crippen molar-refractivity contribution in [3.05, 3.63) is 24.8 Å². The van der Waals surface area contributed by atoms with E-state index in [0.29, 0.717) is 5.82 Å². The predicted octanol–water partition coefficient (Wildman–Crippen LogP) is 1.17. The van der Waals surface area contributed by atoms with E-state index in [1.165, 1.54) is 6.20 Å². The number of aromatic nitrogens is 2. The van der Waals surface area contributed by atoms with Crippen LogP contribution in [0.15, 0.2) is 19.0 Å². The summed E-state index contributed by atoms with van der Waals surface area (Å²) in [4.78, 5) is 14.5. The molecule has 0 aromatic carbocycles. The van der Waals surface area contributed by atoms with Gasteiger partial charge in [0.25, 0.3) is 0 Å². The highest BCUT2D eigenvalue weighted by atomic mass is 16.4. The molecule has 0 spiro atoms. The molecule has 0 saturated carbocycles. The van der Waals surface area contributed by atoms with Crippen LogP contribution < -0.4 is 0 Å². The molecule has 0 aliphatic heterocycles. The zero-order valence-electron chi connectivity index (χ0n) is 6.77. The van der Waals surface area contributed by atoms with Crippen LogP contribution in [0.1, 0.15) is 18.7 Å². The SMILES string of the molecule is C=Cn1ccnc1C(C)C(=O)O. The maximum atomic E-state index is 10.6. The molecular formula is C8H10N2O2. The zero-order chi connectivity index (χ0) is 9.14. The lowest BCUT2D eigenvalue weighted by Crippen LogP contribution is -2.11. The van der Waals surface area contributed by atoms with Crippen LogP contribution in [0.5, 0.6) is 0 Å². The number of hydrogen-bond donors (Lipinski definition) is 1. The van der Waals surface area contributed by atoms with Gasteiger partial charge in [0, 0.05) is 18.6 Å². The highest BCUT2D eigenvalue weighted by molar-refractivity contribution is 5.74. The lowest BCUT2D eigenvalue weighted by molar-refractivity contribution is -0.138. The third kappa shape index (κ3) is 1.37. The summed E-state index contributed by atoms with van der Waals surface area (Å²) in [7, 11) is 0. The Balaban J connectivity index is 3.01. The summed E-state index contributed by atoms with van der Waals surface area (Å²) in [6, 6.07) is 0.